The molecule has 3 aliphatic rings. The van der Waals surface area contributed by atoms with Gasteiger partial charge in [0.2, 0.25) is 23.6 Å². The number of aromatic nitrogens is 1. The minimum atomic E-state index is -0.996. The van der Waals surface area contributed by atoms with E-state index in [2.05, 4.69) is 26.3 Å². The maximum absolute atomic E-state index is 13.6. The Morgan fingerprint density at radius 3 is 2.50 bits per heavy atom. The second kappa shape index (κ2) is 14.0. The van der Waals surface area contributed by atoms with Gasteiger partial charge in [-0.25, -0.2) is 0 Å². The molecule has 4 heterocycles. The molecule has 1 saturated heterocycles. The van der Waals surface area contributed by atoms with Crippen molar-refractivity contribution >= 4 is 29.5 Å². The number of nitrogens with one attached hydrogen (secondary N) is 5. The summed E-state index contributed by atoms with van der Waals surface area (Å²) in [6.07, 6.45) is 3.35. The van der Waals surface area contributed by atoms with Crippen LogP contribution in [0.25, 0.3) is 0 Å². The minimum Gasteiger partial charge on any atom is -0.492 e. The van der Waals surface area contributed by atoms with Gasteiger partial charge < -0.3 is 35.9 Å². The summed E-state index contributed by atoms with van der Waals surface area (Å²) in [5, 5.41) is 11.1. The highest BCUT2D eigenvalue weighted by molar-refractivity contribution is 5.98. The molecule has 0 unspecified atom stereocenters. The van der Waals surface area contributed by atoms with Crippen LogP contribution in [-0.4, -0.2) is 83.3 Å². The topological polar surface area (TPSA) is 162 Å². The smallest absolute Gasteiger partial charge is 0.268 e. The van der Waals surface area contributed by atoms with E-state index in [0.717, 1.165) is 5.56 Å². The van der Waals surface area contributed by atoms with E-state index in [-0.39, 0.29) is 37.3 Å². The van der Waals surface area contributed by atoms with Gasteiger partial charge in [-0.15, -0.1) is 0 Å². The van der Waals surface area contributed by atoms with Gasteiger partial charge in [0.1, 0.15) is 42.2 Å². The van der Waals surface area contributed by atoms with Crippen molar-refractivity contribution in [3.8, 4) is 5.75 Å². The molecule has 0 aliphatic carbocycles. The van der Waals surface area contributed by atoms with Crippen LogP contribution in [0.1, 0.15) is 56.1 Å². The molecule has 5 amide bonds. The Morgan fingerprint density at radius 2 is 1.81 bits per heavy atom. The molecule has 5 N–H and O–H groups in total. The van der Waals surface area contributed by atoms with Crippen LogP contribution in [0.2, 0.25) is 0 Å². The van der Waals surface area contributed by atoms with Gasteiger partial charge in [-0.05, 0) is 61.9 Å². The van der Waals surface area contributed by atoms with Gasteiger partial charge >= 0.3 is 0 Å². The van der Waals surface area contributed by atoms with Crippen LogP contribution in [0.15, 0.2) is 42.6 Å². The number of hydrogen-bond acceptors (Lipinski definition) is 6. The lowest BCUT2D eigenvalue weighted by Crippen LogP contribution is -2.58. The van der Waals surface area contributed by atoms with Crippen molar-refractivity contribution in [1.82, 2.24) is 31.2 Å². The molecule has 12 nitrogen and oxygen atoms in total. The number of hydrogen-bond donors (Lipinski definition) is 5. The van der Waals surface area contributed by atoms with Gasteiger partial charge in [0.25, 0.3) is 5.91 Å². The SMILES string of the molecule is CC(C)C[C@@H]1NC(=O)[C@@H](C)NC(=O)[C@@H](NC(=O)c2ccc[nH]2)Cc2ccc(cc2)OCCNC(=O)[C@H]2CCCN2C1=O. The molecule has 3 aliphatic heterocycles. The van der Waals surface area contributed by atoms with Crippen LogP contribution in [0.3, 0.4) is 0 Å². The highest BCUT2D eigenvalue weighted by Crippen LogP contribution is 2.21. The summed E-state index contributed by atoms with van der Waals surface area (Å²) in [6, 6.07) is 6.89. The fraction of sp³-hybridized carbons (Fsp3) is 0.500. The van der Waals surface area contributed by atoms with Gasteiger partial charge in [0.05, 0.1) is 6.54 Å². The average Bonchev–Trinajstić information content (AvgIpc) is 3.67. The van der Waals surface area contributed by atoms with E-state index in [1.165, 1.54) is 11.8 Å². The second-order valence-corrected chi connectivity index (χ2v) is 11.2. The predicted octanol–water partition coefficient (Wildman–Crippen LogP) is 0.891. The largest absolute Gasteiger partial charge is 0.492 e. The van der Waals surface area contributed by atoms with Gasteiger partial charge in [-0.2, -0.15) is 0 Å². The van der Waals surface area contributed by atoms with E-state index < -0.39 is 41.9 Å². The Balaban J connectivity index is 1.58. The number of amides is 5. The van der Waals surface area contributed by atoms with Crippen LogP contribution in [-0.2, 0) is 25.6 Å². The first-order chi connectivity index (χ1) is 20.1. The van der Waals surface area contributed by atoms with Crippen molar-refractivity contribution in [2.24, 2.45) is 5.92 Å². The number of H-pyrrole nitrogens is 1. The normalized spacial score (nSPS) is 24.3. The molecule has 2 aromatic rings. The average molecular weight is 581 g/mol. The number of carbonyl (C=O) groups is 5. The van der Waals surface area contributed by atoms with Gasteiger partial charge in [0, 0.05) is 19.2 Å². The lowest BCUT2D eigenvalue weighted by molar-refractivity contribution is -0.142. The molecule has 42 heavy (non-hydrogen) atoms. The zero-order valence-corrected chi connectivity index (χ0v) is 24.3. The standard InChI is InChI=1S/C30H40N6O6/c1-18(2)16-24-30(41)36-14-5-7-25(36)29(40)32-13-15-42-21-10-8-20(9-11-21)17-23(28(39)33-19(3)26(37)35-24)34-27(38)22-6-4-12-31-22/h4,6,8-12,18-19,23-25,31H,5,7,13-17H2,1-3H3,(H,32,40)(H,33,39)(H,34,38)(H,35,37)/t19-,23+,24+,25-/m1/s1. The van der Waals surface area contributed by atoms with Gasteiger partial charge in [-0.3, -0.25) is 24.0 Å². The summed E-state index contributed by atoms with van der Waals surface area (Å²) in [5.41, 5.74) is 1.06. The molecule has 5 rings (SSSR count). The Labute approximate surface area is 245 Å². The van der Waals surface area contributed by atoms with Crippen molar-refractivity contribution in [1.29, 1.82) is 0 Å². The predicted molar refractivity (Wildman–Crippen MR) is 154 cm³/mol. The van der Waals surface area contributed by atoms with E-state index in [9.17, 15) is 24.0 Å². The second-order valence-electron chi connectivity index (χ2n) is 11.2. The fourth-order valence-corrected chi connectivity index (χ4v) is 5.21. The minimum absolute atomic E-state index is 0.0837. The van der Waals surface area contributed by atoms with Gasteiger partial charge in [0.15, 0.2) is 0 Å². The molecule has 1 fully saturated rings. The summed E-state index contributed by atoms with van der Waals surface area (Å²) in [7, 11) is 0. The molecule has 0 saturated carbocycles. The van der Waals surface area contributed by atoms with Crippen molar-refractivity contribution in [3.63, 3.8) is 0 Å². The monoisotopic (exact) mass is 580 g/mol. The Kier molecular flexibility index (Phi) is 10.2. The quantitative estimate of drug-likeness (QED) is 0.361. The van der Waals surface area contributed by atoms with Crippen LogP contribution < -0.4 is 26.0 Å². The van der Waals surface area contributed by atoms with Crippen LogP contribution in [0.5, 0.6) is 5.75 Å². The highest BCUT2D eigenvalue weighted by Gasteiger charge is 2.38. The molecule has 1 aromatic carbocycles. The fourth-order valence-electron chi connectivity index (χ4n) is 5.21. The molecule has 0 radical (unpaired) electrons. The number of rotatable bonds is 4. The van der Waals surface area contributed by atoms with E-state index in [4.69, 9.17) is 4.74 Å². The molecule has 2 bridgehead atoms. The summed E-state index contributed by atoms with van der Waals surface area (Å²) < 4.78 is 5.77. The number of benzene rings is 1. The molecule has 12 heteroatoms. The molecular formula is C30H40N6O6. The first-order valence-electron chi connectivity index (χ1n) is 14.5. The third-order valence-corrected chi connectivity index (χ3v) is 7.41. The number of carbonyl (C=O) groups excluding carboxylic acids is 5. The number of fused-ring (bicyclic) bond motifs is 14. The maximum Gasteiger partial charge on any atom is 0.268 e. The third-order valence-electron chi connectivity index (χ3n) is 7.41. The van der Waals surface area contributed by atoms with Crippen molar-refractivity contribution in [2.75, 3.05) is 19.7 Å². The summed E-state index contributed by atoms with van der Waals surface area (Å²) >= 11 is 0. The Hall–Kier alpha value is -4.35. The van der Waals surface area contributed by atoms with Crippen molar-refractivity contribution < 1.29 is 28.7 Å². The van der Waals surface area contributed by atoms with Crippen molar-refractivity contribution in [2.45, 2.75) is 70.6 Å². The van der Waals surface area contributed by atoms with Gasteiger partial charge in [-0.1, -0.05) is 26.0 Å². The summed E-state index contributed by atoms with van der Waals surface area (Å²) in [4.78, 5) is 70.4. The van der Waals surface area contributed by atoms with Crippen LogP contribution in [0, 0.1) is 5.92 Å². The number of nitrogens with zero attached hydrogens (tertiary/aromatic N) is 1. The van der Waals surface area contributed by atoms with E-state index in [1.807, 2.05) is 13.8 Å². The molecule has 0 spiro atoms. The molecule has 1 aromatic heterocycles. The highest BCUT2D eigenvalue weighted by atomic mass is 16.5. The first-order valence-corrected chi connectivity index (χ1v) is 14.5. The van der Waals surface area contributed by atoms with Crippen LogP contribution >= 0.6 is 0 Å². The first kappa shape index (κ1) is 30.6. The van der Waals surface area contributed by atoms with Crippen LogP contribution in [0.4, 0.5) is 0 Å². The van der Waals surface area contributed by atoms with E-state index in [1.54, 1.807) is 42.6 Å². The lowest BCUT2D eigenvalue weighted by Gasteiger charge is -2.30. The lowest BCUT2D eigenvalue weighted by atomic mass is 10.0. The molecular weight excluding hydrogens is 540 g/mol. The summed E-state index contributed by atoms with van der Waals surface area (Å²) in [6.45, 7) is 6.32. The number of ether oxygens (including phenoxy) is 1. The molecule has 4 atom stereocenters. The Morgan fingerprint density at radius 1 is 1.05 bits per heavy atom. The zero-order chi connectivity index (χ0) is 30.2. The van der Waals surface area contributed by atoms with Crippen molar-refractivity contribution in [3.05, 3.63) is 53.9 Å². The zero-order valence-electron chi connectivity index (χ0n) is 24.3. The number of aromatic amines is 1. The Bertz CT molecular complexity index is 1260. The summed E-state index contributed by atoms with van der Waals surface area (Å²) in [5.74, 6) is -1.45. The third kappa shape index (κ3) is 7.89. The molecule has 226 valence electrons. The van der Waals surface area contributed by atoms with E-state index in [0.29, 0.717) is 37.3 Å². The van der Waals surface area contributed by atoms with E-state index >= 15 is 0 Å². The maximum atomic E-state index is 13.6.